The van der Waals surface area contributed by atoms with E-state index in [-0.39, 0.29) is 5.75 Å². The van der Waals surface area contributed by atoms with Crippen LogP contribution in [0.5, 0.6) is 11.5 Å². The molecule has 2 aromatic carbocycles. The van der Waals surface area contributed by atoms with Crippen molar-refractivity contribution in [2.45, 2.75) is 24.8 Å². The SMILES string of the molecule is COc1cc(OC)c(I)c([C@H](C[S@@](=O)c2ccc(C)cc2)OC(C)=O)c1. The Kier molecular flexibility index (Phi) is 7.45. The molecular formula is C19H21IO5S. The smallest absolute Gasteiger partial charge is 0.303 e. The second-order valence-electron chi connectivity index (χ2n) is 5.66. The van der Waals surface area contributed by atoms with Crippen molar-refractivity contribution in [2.24, 2.45) is 0 Å². The number of benzene rings is 2. The Labute approximate surface area is 169 Å². The maximum Gasteiger partial charge on any atom is 0.303 e. The van der Waals surface area contributed by atoms with Gasteiger partial charge in [-0.2, -0.15) is 0 Å². The van der Waals surface area contributed by atoms with Crippen LogP contribution in [0.1, 0.15) is 24.2 Å². The summed E-state index contributed by atoms with van der Waals surface area (Å²) in [5.41, 5.74) is 1.80. The highest BCUT2D eigenvalue weighted by Crippen LogP contribution is 2.35. The fraction of sp³-hybridized carbons (Fsp3) is 0.316. The molecule has 2 atom stereocenters. The van der Waals surface area contributed by atoms with Crippen LogP contribution in [-0.2, 0) is 20.3 Å². The third-order valence-corrected chi connectivity index (χ3v) is 6.30. The van der Waals surface area contributed by atoms with E-state index in [1.54, 1.807) is 26.4 Å². The number of carbonyl (C=O) groups excluding carboxylic acids is 1. The lowest BCUT2D eigenvalue weighted by Gasteiger charge is -2.20. The van der Waals surface area contributed by atoms with Crippen LogP contribution in [0.15, 0.2) is 41.3 Å². The first-order valence-corrected chi connectivity index (χ1v) is 10.3. The highest BCUT2D eigenvalue weighted by atomic mass is 127. The third kappa shape index (κ3) is 5.20. The lowest BCUT2D eigenvalue weighted by atomic mass is 10.1. The lowest BCUT2D eigenvalue weighted by Crippen LogP contribution is -2.17. The Balaban J connectivity index is 2.40. The van der Waals surface area contributed by atoms with E-state index in [1.165, 1.54) is 6.92 Å². The quantitative estimate of drug-likeness (QED) is 0.435. The molecule has 2 rings (SSSR count). The lowest BCUT2D eigenvalue weighted by molar-refractivity contribution is -0.145. The van der Waals surface area contributed by atoms with Crippen LogP contribution >= 0.6 is 22.6 Å². The van der Waals surface area contributed by atoms with Gasteiger partial charge in [0.2, 0.25) is 0 Å². The fourth-order valence-electron chi connectivity index (χ4n) is 2.41. The summed E-state index contributed by atoms with van der Waals surface area (Å²) in [6.07, 6.45) is -0.675. The molecule has 0 heterocycles. The van der Waals surface area contributed by atoms with Gasteiger partial charge in [-0.05, 0) is 47.7 Å². The predicted octanol–water partition coefficient (Wildman–Crippen LogP) is 4.03. The van der Waals surface area contributed by atoms with E-state index in [1.807, 2.05) is 31.2 Å². The summed E-state index contributed by atoms with van der Waals surface area (Å²) in [5, 5.41) is 0. The number of ether oxygens (including phenoxy) is 3. The minimum Gasteiger partial charge on any atom is -0.497 e. The molecule has 0 aliphatic heterocycles. The highest BCUT2D eigenvalue weighted by Gasteiger charge is 2.24. The minimum absolute atomic E-state index is 0.148. The van der Waals surface area contributed by atoms with Gasteiger partial charge in [-0.1, -0.05) is 17.7 Å². The van der Waals surface area contributed by atoms with Gasteiger partial charge in [0.25, 0.3) is 0 Å². The zero-order chi connectivity index (χ0) is 19.3. The molecule has 0 fully saturated rings. The van der Waals surface area contributed by atoms with Crippen LogP contribution in [0.2, 0.25) is 0 Å². The van der Waals surface area contributed by atoms with E-state index in [0.717, 1.165) is 9.13 Å². The summed E-state index contributed by atoms with van der Waals surface area (Å²) < 4.78 is 29.8. The predicted molar refractivity (Wildman–Crippen MR) is 109 cm³/mol. The first-order chi connectivity index (χ1) is 12.3. The molecule has 0 aliphatic carbocycles. The summed E-state index contributed by atoms with van der Waals surface area (Å²) in [6.45, 7) is 3.31. The van der Waals surface area contributed by atoms with Crippen LogP contribution in [0.3, 0.4) is 0 Å². The van der Waals surface area contributed by atoms with Crippen molar-refractivity contribution in [3.63, 3.8) is 0 Å². The molecule has 0 radical (unpaired) electrons. The Morgan fingerprint density at radius 2 is 1.81 bits per heavy atom. The topological polar surface area (TPSA) is 61.8 Å². The van der Waals surface area contributed by atoms with E-state index in [0.29, 0.717) is 22.0 Å². The van der Waals surface area contributed by atoms with Crippen LogP contribution in [0, 0.1) is 10.5 Å². The maximum atomic E-state index is 12.8. The van der Waals surface area contributed by atoms with Crippen molar-refractivity contribution in [3.8, 4) is 11.5 Å². The largest absolute Gasteiger partial charge is 0.497 e. The zero-order valence-corrected chi connectivity index (χ0v) is 18.1. The average Bonchev–Trinajstić information content (AvgIpc) is 2.61. The molecular weight excluding hydrogens is 467 g/mol. The van der Waals surface area contributed by atoms with Gasteiger partial charge in [-0.15, -0.1) is 0 Å². The van der Waals surface area contributed by atoms with Gasteiger partial charge in [-0.25, -0.2) is 0 Å². The summed E-state index contributed by atoms with van der Waals surface area (Å²) in [5.74, 6) is 0.900. The molecule has 0 amide bonds. The number of carbonyl (C=O) groups is 1. The number of methoxy groups -OCH3 is 2. The van der Waals surface area contributed by atoms with Crippen molar-refractivity contribution in [1.82, 2.24) is 0 Å². The highest BCUT2D eigenvalue weighted by molar-refractivity contribution is 14.1. The molecule has 0 aliphatic rings. The Hall–Kier alpha value is -1.61. The first kappa shape index (κ1) is 20.7. The summed E-state index contributed by atoms with van der Waals surface area (Å²) in [7, 11) is 1.79. The van der Waals surface area contributed by atoms with E-state index in [2.05, 4.69) is 22.6 Å². The molecule has 0 N–H and O–H groups in total. The van der Waals surface area contributed by atoms with Crippen LogP contribution in [0.25, 0.3) is 0 Å². The number of hydrogen-bond donors (Lipinski definition) is 0. The summed E-state index contributed by atoms with van der Waals surface area (Å²) in [4.78, 5) is 12.3. The van der Waals surface area contributed by atoms with Gasteiger partial charge in [0, 0.05) is 23.4 Å². The van der Waals surface area contributed by atoms with Crippen molar-refractivity contribution in [1.29, 1.82) is 0 Å². The van der Waals surface area contributed by atoms with Crippen LogP contribution in [-0.4, -0.2) is 30.2 Å². The first-order valence-electron chi connectivity index (χ1n) is 7.89. The third-order valence-electron chi connectivity index (χ3n) is 3.74. The average molecular weight is 488 g/mol. The number of aryl methyl sites for hydroxylation is 1. The number of rotatable bonds is 7. The molecule has 0 spiro atoms. The van der Waals surface area contributed by atoms with Crippen LogP contribution < -0.4 is 9.47 Å². The van der Waals surface area contributed by atoms with Crippen molar-refractivity contribution < 1.29 is 23.2 Å². The van der Waals surface area contributed by atoms with Gasteiger partial charge in [0.1, 0.15) is 17.6 Å². The zero-order valence-electron chi connectivity index (χ0n) is 15.1. The number of hydrogen-bond acceptors (Lipinski definition) is 5. The van der Waals surface area contributed by atoms with Gasteiger partial charge in [0.05, 0.1) is 34.3 Å². The van der Waals surface area contributed by atoms with E-state index in [4.69, 9.17) is 14.2 Å². The Bertz CT molecular complexity index is 804. The van der Waals surface area contributed by atoms with Gasteiger partial charge in [-0.3, -0.25) is 9.00 Å². The Morgan fingerprint density at radius 1 is 1.15 bits per heavy atom. The summed E-state index contributed by atoms with van der Waals surface area (Å²) >= 11 is 2.13. The van der Waals surface area contributed by atoms with Crippen LogP contribution in [0.4, 0.5) is 0 Å². The molecule has 2 aromatic rings. The maximum absolute atomic E-state index is 12.8. The fourth-order valence-corrected chi connectivity index (χ4v) is 4.44. The molecule has 0 bridgehead atoms. The molecule has 0 saturated carbocycles. The Morgan fingerprint density at radius 3 is 2.35 bits per heavy atom. The standard InChI is InChI=1S/C19H21IO5S/c1-12-5-7-15(8-6-12)26(22)11-18(25-13(2)21)16-9-14(23-3)10-17(24-4)19(16)20/h5-10,18H,11H2,1-4H3/t18-,26+/m0/s1. The molecule has 5 nitrogen and oxygen atoms in total. The van der Waals surface area contributed by atoms with E-state index >= 15 is 0 Å². The molecule has 26 heavy (non-hydrogen) atoms. The minimum atomic E-state index is -1.33. The second kappa shape index (κ2) is 9.36. The monoisotopic (exact) mass is 488 g/mol. The normalized spacial score (nSPS) is 13.0. The molecule has 7 heteroatoms. The van der Waals surface area contributed by atoms with E-state index in [9.17, 15) is 9.00 Å². The summed E-state index contributed by atoms with van der Waals surface area (Å²) in [6, 6.07) is 11.0. The van der Waals surface area contributed by atoms with Crippen molar-refractivity contribution in [3.05, 3.63) is 51.1 Å². The van der Waals surface area contributed by atoms with Crippen molar-refractivity contribution in [2.75, 3.05) is 20.0 Å². The number of halogens is 1. The van der Waals surface area contributed by atoms with Crippen molar-refractivity contribution >= 4 is 39.4 Å². The van der Waals surface area contributed by atoms with Gasteiger partial charge < -0.3 is 14.2 Å². The number of esters is 1. The second-order valence-corrected chi connectivity index (χ2v) is 8.23. The van der Waals surface area contributed by atoms with Gasteiger partial charge in [0.15, 0.2) is 0 Å². The van der Waals surface area contributed by atoms with E-state index < -0.39 is 22.9 Å². The molecule has 0 aromatic heterocycles. The molecule has 140 valence electrons. The van der Waals surface area contributed by atoms with Gasteiger partial charge >= 0.3 is 5.97 Å². The molecule has 0 unspecified atom stereocenters. The molecule has 0 saturated heterocycles.